The Kier molecular flexibility index (Phi) is 5.90. The number of rotatable bonds is 7. The summed E-state index contributed by atoms with van der Waals surface area (Å²) < 4.78 is 25.5. The van der Waals surface area contributed by atoms with Crippen LogP contribution in [0.2, 0.25) is 0 Å². The van der Waals surface area contributed by atoms with Crippen LogP contribution in [-0.4, -0.2) is 43.1 Å². The fraction of sp³-hybridized carbons (Fsp3) is 0.615. The molecule has 19 heavy (non-hydrogen) atoms. The summed E-state index contributed by atoms with van der Waals surface area (Å²) in [6, 6.07) is 5.91. The van der Waals surface area contributed by atoms with Crippen molar-refractivity contribution in [1.29, 1.82) is 0 Å². The van der Waals surface area contributed by atoms with Crippen molar-refractivity contribution in [3.8, 4) is 0 Å². The number of aryl methyl sites for hydroxylation is 1. The van der Waals surface area contributed by atoms with Crippen LogP contribution in [0.5, 0.6) is 0 Å². The second kappa shape index (κ2) is 6.98. The first-order valence-corrected chi connectivity index (χ1v) is 8.02. The summed E-state index contributed by atoms with van der Waals surface area (Å²) in [7, 11) is -1.64. The monoisotopic (exact) mass is 285 g/mol. The molecule has 0 aromatic carbocycles. The molecule has 1 heterocycles. The van der Waals surface area contributed by atoms with Gasteiger partial charge in [-0.1, -0.05) is 19.9 Å². The van der Waals surface area contributed by atoms with E-state index in [9.17, 15) is 8.42 Å². The average molecular weight is 285 g/mol. The first-order chi connectivity index (χ1) is 8.81. The largest absolute Gasteiger partial charge is 0.313 e. The van der Waals surface area contributed by atoms with Gasteiger partial charge in [-0.25, -0.2) is 8.42 Å². The SMILES string of the molecule is Cc1cccc(CN(C)S(=O)(=O)CCNC(C)C)n1. The molecule has 0 aliphatic carbocycles. The number of sulfonamides is 1. The first-order valence-electron chi connectivity index (χ1n) is 6.41. The Morgan fingerprint density at radius 3 is 2.63 bits per heavy atom. The van der Waals surface area contributed by atoms with E-state index in [0.717, 1.165) is 11.4 Å². The molecule has 0 unspecified atom stereocenters. The lowest BCUT2D eigenvalue weighted by molar-refractivity contribution is 0.459. The molecule has 0 bridgehead atoms. The minimum absolute atomic E-state index is 0.105. The minimum atomic E-state index is -3.24. The van der Waals surface area contributed by atoms with Crippen molar-refractivity contribution in [2.45, 2.75) is 33.4 Å². The Morgan fingerprint density at radius 1 is 1.37 bits per heavy atom. The Labute approximate surface area is 116 Å². The van der Waals surface area contributed by atoms with Crippen LogP contribution in [0.15, 0.2) is 18.2 Å². The molecule has 5 nitrogen and oxygen atoms in total. The highest BCUT2D eigenvalue weighted by Gasteiger charge is 2.18. The second-order valence-electron chi connectivity index (χ2n) is 4.95. The Balaban J connectivity index is 2.58. The molecule has 0 fully saturated rings. The van der Waals surface area contributed by atoms with Crippen LogP contribution in [0.4, 0.5) is 0 Å². The predicted octanol–water partition coefficient (Wildman–Crippen LogP) is 1.15. The van der Waals surface area contributed by atoms with E-state index in [2.05, 4.69) is 10.3 Å². The van der Waals surface area contributed by atoms with E-state index in [-0.39, 0.29) is 5.75 Å². The van der Waals surface area contributed by atoms with E-state index in [1.807, 2.05) is 39.0 Å². The van der Waals surface area contributed by atoms with Crippen LogP contribution in [0.3, 0.4) is 0 Å². The maximum atomic E-state index is 12.1. The number of hydrogen-bond acceptors (Lipinski definition) is 4. The molecule has 6 heteroatoms. The van der Waals surface area contributed by atoms with Gasteiger partial charge in [0.1, 0.15) is 0 Å². The highest BCUT2D eigenvalue weighted by atomic mass is 32.2. The van der Waals surface area contributed by atoms with Gasteiger partial charge in [0.2, 0.25) is 10.0 Å². The standard InChI is InChI=1S/C13H23N3O2S/c1-11(2)14-8-9-19(17,18)16(4)10-13-7-5-6-12(3)15-13/h5-7,11,14H,8-10H2,1-4H3. The molecule has 1 N–H and O–H groups in total. The number of nitrogens with zero attached hydrogens (tertiary/aromatic N) is 2. The van der Waals surface area contributed by atoms with Gasteiger partial charge in [-0.15, -0.1) is 0 Å². The quantitative estimate of drug-likeness (QED) is 0.816. The summed E-state index contributed by atoms with van der Waals surface area (Å²) >= 11 is 0. The molecule has 1 aromatic heterocycles. The fourth-order valence-corrected chi connectivity index (χ4v) is 2.66. The maximum Gasteiger partial charge on any atom is 0.215 e. The van der Waals surface area contributed by atoms with E-state index < -0.39 is 10.0 Å². The number of nitrogens with one attached hydrogen (secondary N) is 1. The van der Waals surface area contributed by atoms with Gasteiger partial charge in [-0.2, -0.15) is 4.31 Å². The topological polar surface area (TPSA) is 62.3 Å². The minimum Gasteiger partial charge on any atom is -0.313 e. The van der Waals surface area contributed by atoms with E-state index in [1.165, 1.54) is 4.31 Å². The van der Waals surface area contributed by atoms with Crippen LogP contribution in [0.1, 0.15) is 25.2 Å². The van der Waals surface area contributed by atoms with Crippen molar-refractivity contribution in [2.75, 3.05) is 19.3 Å². The molecule has 1 aromatic rings. The third-order valence-corrected chi connectivity index (χ3v) is 4.52. The lowest BCUT2D eigenvalue weighted by Gasteiger charge is -2.17. The molecule has 0 aliphatic heterocycles. The van der Waals surface area contributed by atoms with Gasteiger partial charge in [-0.3, -0.25) is 4.98 Å². The second-order valence-corrected chi connectivity index (χ2v) is 7.15. The Hall–Kier alpha value is -0.980. The third kappa shape index (κ3) is 5.67. The van der Waals surface area contributed by atoms with Gasteiger partial charge in [0.15, 0.2) is 0 Å². The zero-order valence-corrected chi connectivity index (χ0v) is 12.9. The normalized spacial score (nSPS) is 12.3. The zero-order chi connectivity index (χ0) is 14.5. The molecular formula is C13H23N3O2S. The van der Waals surface area contributed by atoms with Crippen molar-refractivity contribution in [2.24, 2.45) is 0 Å². The van der Waals surface area contributed by atoms with Crippen LogP contribution in [0.25, 0.3) is 0 Å². The predicted molar refractivity (Wildman–Crippen MR) is 77.4 cm³/mol. The summed E-state index contributed by atoms with van der Waals surface area (Å²) in [5.41, 5.74) is 1.66. The molecule has 108 valence electrons. The van der Waals surface area contributed by atoms with Crippen molar-refractivity contribution in [3.63, 3.8) is 0 Å². The van der Waals surface area contributed by atoms with Crippen molar-refractivity contribution in [1.82, 2.24) is 14.6 Å². The summed E-state index contributed by atoms with van der Waals surface area (Å²) in [4.78, 5) is 4.31. The molecule has 0 radical (unpaired) electrons. The van der Waals surface area contributed by atoms with Crippen LogP contribution >= 0.6 is 0 Å². The molecule has 0 spiro atoms. The van der Waals surface area contributed by atoms with Crippen molar-refractivity contribution >= 4 is 10.0 Å². The Bertz CT molecular complexity index is 500. The summed E-state index contributed by atoms with van der Waals surface area (Å²) in [5, 5.41) is 3.11. The number of pyridine rings is 1. The highest BCUT2D eigenvalue weighted by Crippen LogP contribution is 2.06. The van der Waals surface area contributed by atoms with Gasteiger partial charge >= 0.3 is 0 Å². The lowest BCUT2D eigenvalue weighted by atomic mass is 10.3. The van der Waals surface area contributed by atoms with Gasteiger partial charge in [0.05, 0.1) is 18.0 Å². The fourth-order valence-electron chi connectivity index (χ4n) is 1.65. The molecule has 0 aliphatic rings. The number of hydrogen-bond donors (Lipinski definition) is 1. The summed E-state index contributed by atoms with van der Waals surface area (Å²) in [6.07, 6.45) is 0. The molecule has 0 amide bonds. The van der Waals surface area contributed by atoms with Crippen molar-refractivity contribution in [3.05, 3.63) is 29.6 Å². The highest BCUT2D eigenvalue weighted by molar-refractivity contribution is 7.89. The van der Waals surface area contributed by atoms with E-state index >= 15 is 0 Å². The molecular weight excluding hydrogens is 262 g/mol. The summed E-state index contributed by atoms with van der Waals surface area (Å²) in [6.45, 7) is 6.65. The lowest BCUT2D eigenvalue weighted by Crippen LogP contribution is -2.35. The van der Waals surface area contributed by atoms with E-state index in [4.69, 9.17) is 0 Å². The maximum absolute atomic E-state index is 12.1. The number of aromatic nitrogens is 1. The molecule has 0 saturated heterocycles. The average Bonchev–Trinajstić information content (AvgIpc) is 2.28. The first kappa shape index (κ1) is 16.1. The van der Waals surface area contributed by atoms with Crippen molar-refractivity contribution < 1.29 is 8.42 Å². The van der Waals surface area contributed by atoms with E-state index in [0.29, 0.717) is 19.1 Å². The van der Waals surface area contributed by atoms with E-state index in [1.54, 1.807) is 7.05 Å². The van der Waals surface area contributed by atoms with Crippen LogP contribution < -0.4 is 5.32 Å². The smallest absolute Gasteiger partial charge is 0.215 e. The molecule has 0 atom stereocenters. The van der Waals surface area contributed by atoms with Gasteiger partial charge in [0.25, 0.3) is 0 Å². The van der Waals surface area contributed by atoms with Crippen LogP contribution in [-0.2, 0) is 16.6 Å². The molecule has 0 saturated carbocycles. The van der Waals surface area contributed by atoms with Crippen LogP contribution in [0, 0.1) is 6.92 Å². The zero-order valence-electron chi connectivity index (χ0n) is 12.0. The van der Waals surface area contributed by atoms with Gasteiger partial charge < -0.3 is 5.32 Å². The third-order valence-electron chi connectivity index (χ3n) is 2.72. The molecule has 1 rings (SSSR count). The Morgan fingerprint density at radius 2 is 2.05 bits per heavy atom. The van der Waals surface area contributed by atoms with Gasteiger partial charge in [0, 0.05) is 25.3 Å². The van der Waals surface area contributed by atoms with Gasteiger partial charge in [-0.05, 0) is 19.1 Å². The summed E-state index contributed by atoms with van der Waals surface area (Å²) in [5.74, 6) is 0.105.